The van der Waals surface area contributed by atoms with Gasteiger partial charge in [-0.2, -0.15) is 5.26 Å². The Morgan fingerprint density at radius 3 is 2.78 bits per heavy atom. The van der Waals surface area contributed by atoms with Gasteiger partial charge >= 0.3 is 5.69 Å². The molecule has 1 aromatic carbocycles. The second-order valence-corrected chi connectivity index (χ2v) is 5.52. The van der Waals surface area contributed by atoms with E-state index < -0.39 is 23.0 Å². The van der Waals surface area contributed by atoms with Crippen LogP contribution >= 0.6 is 0 Å². The number of nitro benzene ring substituents is 1. The Bertz CT molecular complexity index is 666. The largest absolute Gasteiger partial charge is 0.496 e. The molecular weight excluding hydrogens is 302 g/mol. The van der Waals surface area contributed by atoms with E-state index in [-0.39, 0.29) is 17.4 Å². The minimum absolute atomic E-state index is 0.0315. The van der Waals surface area contributed by atoms with Crippen LogP contribution in [0, 0.1) is 27.4 Å². The van der Waals surface area contributed by atoms with Gasteiger partial charge in [0.15, 0.2) is 12.4 Å². The summed E-state index contributed by atoms with van der Waals surface area (Å²) in [5.41, 5.74) is -1.21. The van der Waals surface area contributed by atoms with Gasteiger partial charge in [0, 0.05) is 0 Å². The van der Waals surface area contributed by atoms with Crippen molar-refractivity contribution in [2.75, 3.05) is 13.7 Å². The van der Waals surface area contributed by atoms with Crippen LogP contribution in [0.2, 0.25) is 0 Å². The third kappa shape index (κ3) is 3.88. The lowest BCUT2D eigenvalue weighted by molar-refractivity contribution is -0.385. The number of carbonyl (C=O) groups is 1. The first-order chi connectivity index (χ1) is 10.9. The van der Waals surface area contributed by atoms with E-state index in [4.69, 9.17) is 9.47 Å². The highest BCUT2D eigenvalue weighted by atomic mass is 16.6. The van der Waals surface area contributed by atoms with Gasteiger partial charge in [0.25, 0.3) is 5.91 Å². The van der Waals surface area contributed by atoms with Gasteiger partial charge in [-0.25, -0.2) is 0 Å². The molecule has 1 aliphatic rings. The van der Waals surface area contributed by atoms with Crippen molar-refractivity contribution >= 4 is 11.6 Å². The molecule has 1 amide bonds. The molecule has 0 aliphatic heterocycles. The Balaban J connectivity index is 2.01. The molecule has 1 atom stereocenters. The highest BCUT2D eigenvalue weighted by Gasteiger charge is 2.43. The number of nitrogens with zero attached hydrogens (tertiary/aromatic N) is 2. The minimum atomic E-state index is -0.924. The summed E-state index contributed by atoms with van der Waals surface area (Å²) in [4.78, 5) is 22.4. The van der Waals surface area contributed by atoms with Crippen LogP contribution in [-0.4, -0.2) is 30.1 Å². The van der Waals surface area contributed by atoms with E-state index >= 15 is 0 Å². The van der Waals surface area contributed by atoms with Crippen LogP contribution < -0.4 is 14.8 Å². The fraction of sp³-hybridized carbons (Fsp3) is 0.467. The standard InChI is InChI=1S/C15H17N3O5/c1-15(9-16,10-3-4-10)17-14(19)8-23-13-6-5-11(22-2)7-12(13)18(20)21/h5-7,10H,3-4,8H2,1-2H3,(H,17,19). The normalized spacial score (nSPS) is 15.9. The van der Waals surface area contributed by atoms with Crippen molar-refractivity contribution < 1.29 is 19.2 Å². The smallest absolute Gasteiger partial charge is 0.314 e. The zero-order chi connectivity index (χ0) is 17.0. The average Bonchev–Trinajstić information content (AvgIpc) is 3.37. The van der Waals surface area contributed by atoms with E-state index in [9.17, 15) is 20.2 Å². The highest BCUT2D eigenvalue weighted by Crippen LogP contribution is 2.39. The maximum Gasteiger partial charge on any atom is 0.314 e. The predicted octanol–water partition coefficient (Wildman–Crippen LogP) is 1.79. The fourth-order valence-corrected chi connectivity index (χ4v) is 2.24. The second kappa shape index (κ2) is 6.52. The van der Waals surface area contributed by atoms with Gasteiger partial charge in [-0.05, 0) is 37.8 Å². The average molecular weight is 319 g/mol. The molecule has 0 aromatic heterocycles. The molecule has 8 nitrogen and oxygen atoms in total. The minimum Gasteiger partial charge on any atom is -0.496 e. The van der Waals surface area contributed by atoms with E-state index in [1.54, 1.807) is 6.92 Å². The molecule has 1 saturated carbocycles. The second-order valence-electron chi connectivity index (χ2n) is 5.52. The van der Waals surface area contributed by atoms with Crippen LogP contribution in [0.4, 0.5) is 5.69 Å². The van der Waals surface area contributed by atoms with Crippen LogP contribution in [0.25, 0.3) is 0 Å². The lowest BCUT2D eigenvalue weighted by Crippen LogP contribution is -2.48. The van der Waals surface area contributed by atoms with E-state index in [2.05, 4.69) is 11.4 Å². The number of hydrogen-bond donors (Lipinski definition) is 1. The summed E-state index contributed by atoms with van der Waals surface area (Å²) in [5, 5.41) is 22.9. The summed E-state index contributed by atoms with van der Waals surface area (Å²) >= 11 is 0. The molecule has 23 heavy (non-hydrogen) atoms. The molecule has 1 aromatic rings. The first kappa shape index (κ1) is 16.5. The van der Waals surface area contributed by atoms with Crippen molar-refractivity contribution in [3.05, 3.63) is 28.3 Å². The van der Waals surface area contributed by atoms with Crippen molar-refractivity contribution in [1.82, 2.24) is 5.32 Å². The molecule has 0 spiro atoms. The summed E-state index contributed by atoms with van der Waals surface area (Å²) in [6, 6.07) is 6.19. The van der Waals surface area contributed by atoms with Crippen molar-refractivity contribution in [2.45, 2.75) is 25.3 Å². The van der Waals surface area contributed by atoms with Crippen molar-refractivity contribution in [1.29, 1.82) is 5.26 Å². The predicted molar refractivity (Wildman–Crippen MR) is 80.0 cm³/mol. The molecule has 2 rings (SSSR count). The fourth-order valence-electron chi connectivity index (χ4n) is 2.24. The molecule has 0 bridgehead atoms. The molecule has 0 heterocycles. The summed E-state index contributed by atoms with van der Waals surface area (Å²) in [7, 11) is 1.40. The van der Waals surface area contributed by atoms with E-state index in [0.717, 1.165) is 12.8 Å². The monoisotopic (exact) mass is 319 g/mol. The van der Waals surface area contributed by atoms with Crippen LogP contribution in [-0.2, 0) is 4.79 Å². The van der Waals surface area contributed by atoms with Crippen LogP contribution in [0.3, 0.4) is 0 Å². The summed E-state index contributed by atoms with van der Waals surface area (Å²) in [6.07, 6.45) is 1.80. The SMILES string of the molecule is COc1ccc(OCC(=O)NC(C)(C#N)C2CC2)c([N+](=O)[O-])c1. The third-order valence-electron chi connectivity index (χ3n) is 3.75. The highest BCUT2D eigenvalue weighted by molar-refractivity contribution is 5.79. The van der Waals surface area contributed by atoms with Crippen LogP contribution in [0.1, 0.15) is 19.8 Å². The van der Waals surface area contributed by atoms with Gasteiger partial charge in [-0.3, -0.25) is 14.9 Å². The molecule has 0 saturated heterocycles. The van der Waals surface area contributed by atoms with Gasteiger partial charge in [0.1, 0.15) is 11.3 Å². The molecule has 0 radical (unpaired) electrons. The number of methoxy groups -OCH3 is 1. The molecular formula is C15H17N3O5. The molecule has 8 heteroatoms. The number of hydrogen-bond acceptors (Lipinski definition) is 6. The van der Waals surface area contributed by atoms with Crippen molar-refractivity contribution in [2.24, 2.45) is 5.92 Å². The van der Waals surface area contributed by atoms with Gasteiger partial charge in [0.2, 0.25) is 0 Å². The zero-order valence-electron chi connectivity index (χ0n) is 12.9. The number of carbonyl (C=O) groups excluding carboxylic acids is 1. The molecule has 1 fully saturated rings. The quantitative estimate of drug-likeness (QED) is 0.605. The first-order valence-corrected chi connectivity index (χ1v) is 7.07. The Morgan fingerprint density at radius 2 is 2.26 bits per heavy atom. The molecule has 122 valence electrons. The van der Waals surface area contributed by atoms with E-state index in [1.165, 1.54) is 25.3 Å². The molecule has 1 aliphatic carbocycles. The van der Waals surface area contributed by atoms with Gasteiger partial charge in [0.05, 0.1) is 24.2 Å². The maximum atomic E-state index is 11.9. The molecule has 1 unspecified atom stereocenters. The zero-order valence-corrected chi connectivity index (χ0v) is 12.9. The lowest BCUT2D eigenvalue weighted by Gasteiger charge is -2.22. The van der Waals surface area contributed by atoms with Crippen molar-refractivity contribution in [3.8, 4) is 17.6 Å². The number of amides is 1. The summed E-state index contributed by atoms with van der Waals surface area (Å²) in [6.45, 7) is 1.26. The number of ether oxygens (including phenoxy) is 2. The Hall–Kier alpha value is -2.82. The summed E-state index contributed by atoms with van der Waals surface area (Å²) < 4.78 is 10.2. The van der Waals surface area contributed by atoms with E-state index in [1.807, 2.05) is 0 Å². The van der Waals surface area contributed by atoms with Gasteiger partial charge < -0.3 is 14.8 Å². The lowest BCUT2D eigenvalue weighted by atomic mass is 9.98. The number of rotatable bonds is 7. The van der Waals surface area contributed by atoms with Crippen LogP contribution in [0.15, 0.2) is 18.2 Å². The van der Waals surface area contributed by atoms with E-state index in [0.29, 0.717) is 5.75 Å². The number of nitro groups is 1. The number of nitrogens with one attached hydrogen (secondary N) is 1. The molecule has 1 N–H and O–H groups in total. The topological polar surface area (TPSA) is 114 Å². The third-order valence-corrected chi connectivity index (χ3v) is 3.75. The van der Waals surface area contributed by atoms with Crippen LogP contribution in [0.5, 0.6) is 11.5 Å². The van der Waals surface area contributed by atoms with Gasteiger partial charge in [-0.1, -0.05) is 0 Å². The first-order valence-electron chi connectivity index (χ1n) is 7.07. The number of benzene rings is 1. The Kier molecular flexibility index (Phi) is 4.69. The summed E-state index contributed by atoms with van der Waals surface area (Å²) in [5.74, 6) is -0.0619. The maximum absolute atomic E-state index is 11.9. The Labute approximate surface area is 133 Å². The Morgan fingerprint density at radius 1 is 1.57 bits per heavy atom. The number of nitriles is 1. The van der Waals surface area contributed by atoms with Crippen molar-refractivity contribution in [3.63, 3.8) is 0 Å². The van der Waals surface area contributed by atoms with Gasteiger partial charge in [-0.15, -0.1) is 0 Å².